The summed E-state index contributed by atoms with van der Waals surface area (Å²) < 4.78 is 3.65. The molecule has 0 aliphatic heterocycles. The second kappa shape index (κ2) is 5.40. The van der Waals surface area contributed by atoms with Gasteiger partial charge in [0.25, 0.3) is 0 Å². The molecule has 0 fully saturated rings. The Hall–Kier alpha value is -2.63. The van der Waals surface area contributed by atoms with Gasteiger partial charge in [-0.2, -0.15) is 10.2 Å². The Morgan fingerprint density at radius 1 is 1.14 bits per heavy atom. The lowest BCUT2D eigenvalue weighted by Crippen LogP contribution is -2.02. The Bertz CT molecular complexity index is 724. The number of aromatic nitrogens is 5. The summed E-state index contributed by atoms with van der Waals surface area (Å²) in [6.45, 7) is 4.90. The van der Waals surface area contributed by atoms with Crippen LogP contribution in [0.3, 0.4) is 0 Å². The third-order valence-electron chi connectivity index (χ3n) is 3.68. The van der Waals surface area contributed by atoms with Crippen molar-refractivity contribution in [3.63, 3.8) is 0 Å². The van der Waals surface area contributed by atoms with Crippen molar-refractivity contribution in [1.82, 2.24) is 24.5 Å². The lowest BCUT2D eigenvalue weighted by atomic mass is 10.2. The van der Waals surface area contributed by atoms with Crippen molar-refractivity contribution in [2.45, 2.75) is 20.4 Å². The largest absolute Gasteiger partial charge is 0.381 e. The Morgan fingerprint density at radius 2 is 1.90 bits per heavy atom. The second-order valence-corrected chi connectivity index (χ2v) is 5.01. The number of nitrogens with one attached hydrogen (secondary N) is 1. The molecule has 0 radical (unpaired) electrons. The van der Waals surface area contributed by atoms with Gasteiger partial charge in [-0.25, -0.2) is 9.67 Å². The molecule has 0 spiro atoms. The molecule has 108 valence electrons. The summed E-state index contributed by atoms with van der Waals surface area (Å²) in [5.41, 5.74) is 5.58. The van der Waals surface area contributed by atoms with E-state index in [-0.39, 0.29) is 0 Å². The van der Waals surface area contributed by atoms with Gasteiger partial charge >= 0.3 is 0 Å². The first-order chi connectivity index (χ1) is 10.1. The third-order valence-corrected chi connectivity index (χ3v) is 3.68. The van der Waals surface area contributed by atoms with Crippen LogP contribution in [-0.2, 0) is 13.6 Å². The first-order valence-corrected chi connectivity index (χ1v) is 6.83. The molecule has 21 heavy (non-hydrogen) atoms. The van der Waals surface area contributed by atoms with E-state index in [0.717, 1.165) is 23.6 Å². The SMILES string of the molecule is Cc1nn(C)c(C)c1CNc1ccc(-n2cncn2)cc1. The zero-order valence-electron chi connectivity index (χ0n) is 12.4. The average molecular weight is 282 g/mol. The van der Waals surface area contributed by atoms with Crippen LogP contribution in [0.15, 0.2) is 36.9 Å². The van der Waals surface area contributed by atoms with Gasteiger partial charge in [0.2, 0.25) is 0 Å². The van der Waals surface area contributed by atoms with Crippen LogP contribution in [0.1, 0.15) is 17.0 Å². The van der Waals surface area contributed by atoms with E-state index in [1.807, 2.05) is 42.9 Å². The van der Waals surface area contributed by atoms with Gasteiger partial charge in [0.1, 0.15) is 12.7 Å². The summed E-state index contributed by atoms with van der Waals surface area (Å²) in [6.07, 6.45) is 3.21. The maximum absolute atomic E-state index is 4.43. The van der Waals surface area contributed by atoms with E-state index >= 15 is 0 Å². The first-order valence-electron chi connectivity index (χ1n) is 6.83. The average Bonchev–Trinajstić information content (AvgIpc) is 3.09. The summed E-state index contributed by atoms with van der Waals surface area (Å²) in [4.78, 5) is 3.95. The molecule has 1 N–H and O–H groups in total. The fourth-order valence-electron chi connectivity index (χ4n) is 2.34. The van der Waals surface area contributed by atoms with Crippen LogP contribution >= 0.6 is 0 Å². The van der Waals surface area contributed by atoms with Crippen molar-refractivity contribution in [3.05, 3.63) is 53.9 Å². The van der Waals surface area contributed by atoms with Gasteiger partial charge in [0, 0.05) is 30.5 Å². The minimum atomic E-state index is 0.772. The first kappa shape index (κ1) is 13.4. The number of nitrogens with zero attached hydrogens (tertiary/aromatic N) is 5. The van der Waals surface area contributed by atoms with Crippen LogP contribution < -0.4 is 5.32 Å². The van der Waals surface area contributed by atoms with Crippen LogP contribution in [-0.4, -0.2) is 24.5 Å². The summed E-state index contributed by atoms with van der Waals surface area (Å²) in [5, 5.41) is 12.0. The fourth-order valence-corrected chi connectivity index (χ4v) is 2.34. The van der Waals surface area contributed by atoms with Crippen molar-refractivity contribution < 1.29 is 0 Å². The lowest BCUT2D eigenvalue weighted by molar-refractivity contribution is 0.730. The Kier molecular flexibility index (Phi) is 3.43. The van der Waals surface area contributed by atoms with E-state index in [4.69, 9.17) is 0 Å². The normalized spacial score (nSPS) is 10.8. The number of hydrogen-bond donors (Lipinski definition) is 1. The summed E-state index contributed by atoms with van der Waals surface area (Å²) in [5.74, 6) is 0. The molecule has 3 rings (SSSR count). The monoisotopic (exact) mass is 282 g/mol. The van der Waals surface area contributed by atoms with E-state index in [1.54, 1.807) is 11.0 Å². The van der Waals surface area contributed by atoms with Gasteiger partial charge in [0.15, 0.2) is 0 Å². The minimum absolute atomic E-state index is 0.772. The predicted molar refractivity (Wildman–Crippen MR) is 81.4 cm³/mol. The molecule has 3 aromatic rings. The van der Waals surface area contributed by atoms with Crippen molar-refractivity contribution >= 4 is 5.69 Å². The van der Waals surface area contributed by atoms with E-state index in [1.165, 1.54) is 17.6 Å². The zero-order chi connectivity index (χ0) is 14.8. The number of hydrogen-bond acceptors (Lipinski definition) is 4. The quantitative estimate of drug-likeness (QED) is 0.797. The van der Waals surface area contributed by atoms with Crippen molar-refractivity contribution in [2.24, 2.45) is 7.05 Å². The zero-order valence-corrected chi connectivity index (χ0v) is 12.4. The van der Waals surface area contributed by atoms with Crippen LogP contribution in [0.5, 0.6) is 0 Å². The number of benzene rings is 1. The molecule has 0 saturated heterocycles. The topological polar surface area (TPSA) is 60.6 Å². The van der Waals surface area contributed by atoms with E-state index in [0.29, 0.717) is 0 Å². The highest BCUT2D eigenvalue weighted by Crippen LogP contribution is 2.16. The Balaban J connectivity index is 1.71. The number of anilines is 1. The molecule has 0 atom stereocenters. The van der Waals surface area contributed by atoms with Crippen LogP contribution in [0.2, 0.25) is 0 Å². The molecule has 0 bridgehead atoms. The maximum Gasteiger partial charge on any atom is 0.138 e. The van der Waals surface area contributed by atoms with Gasteiger partial charge in [0.05, 0.1) is 11.4 Å². The summed E-state index contributed by atoms with van der Waals surface area (Å²) in [7, 11) is 1.97. The maximum atomic E-state index is 4.43. The minimum Gasteiger partial charge on any atom is -0.381 e. The van der Waals surface area contributed by atoms with Crippen molar-refractivity contribution in [2.75, 3.05) is 5.32 Å². The molecule has 0 amide bonds. The van der Waals surface area contributed by atoms with E-state index in [2.05, 4.69) is 27.4 Å². The van der Waals surface area contributed by atoms with Crippen molar-refractivity contribution in [3.8, 4) is 5.69 Å². The standard InChI is InChI=1S/C15H18N6/c1-11-15(12(2)20(3)19-11)8-17-13-4-6-14(7-5-13)21-10-16-9-18-21/h4-7,9-10,17H,8H2,1-3H3. The number of aryl methyl sites for hydroxylation is 2. The van der Waals surface area contributed by atoms with Gasteiger partial charge in [-0.05, 0) is 38.1 Å². The second-order valence-electron chi connectivity index (χ2n) is 5.01. The fraction of sp³-hybridized carbons (Fsp3) is 0.267. The smallest absolute Gasteiger partial charge is 0.138 e. The molecule has 0 aliphatic rings. The highest BCUT2D eigenvalue weighted by molar-refractivity contribution is 5.49. The molecule has 2 aromatic heterocycles. The third kappa shape index (κ3) is 2.65. The molecule has 6 nitrogen and oxygen atoms in total. The van der Waals surface area contributed by atoms with E-state index in [9.17, 15) is 0 Å². The number of rotatable bonds is 4. The molecule has 0 aliphatic carbocycles. The van der Waals surface area contributed by atoms with Crippen LogP contribution in [0.4, 0.5) is 5.69 Å². The molecular formula is C15H18N6. The van der Waals surface area contributed by atoms with Gasteiger partial charge in [-0.1, -0.05) is 0 Å². The molecule has 2 heterocycles. The highest BCUT2D eigenvalue weighted by atomic mass is 15.3. The molecular weight excluding hydrogens is 264 g/mol. The molecule has 6 heteroatoms. The Morgan fingerprint density at radius 3 is 2.48 bits per heavy atom. The van der Waals surface area contributed by atoms with Crippen LogP contribution in [0, 0.1) is 13.8 Å². The molecule has 0 unspecified atom stereocenters. The van der Waals surface area contributed by atoms with Gasteiger partial charge < -0.3 is 5.32 Å². The summed E-state index contributed by atoms with van der Waals surface area (Å²) in [6, 6.07) is 8.11. The highest BCUT2D eigenvalue weighted by Gasteiger charge is 2.08. The Labute approximate surface area is 123 Å². The summed E-state index contributed by atoms with van der Waals surface area (Å²) >= 11 is 0. The van der Waals surface area contributed by atoms with E-state index < -0.39 is 0 Å². The molecule has 0 saturated carbocycles. The van der Waals surface area contributed by atoms with Gasteiger partial charge in [-0.3, -0.25) is 4.68 Å². The predicted octanol–water partition coefficient (Wildman–Crippen LogP) is 2.23. The van der Waals surface area contributed by atoms with Crippen LogP contribution in [0.25, 0.3) is 5.69 Å². The van der Waals surface area contributed by atoms with Gasteiger partial charge in [-0.15, -0.1) is 0 Å². The lowest BCUT2D eigenvalue weighted by Gasteiger charge is -2.08. The van der Waals surface area contributed by atoms with Crippen molar-refractivity contribution in [1.29, 1.82) is 0 Å². The molecule has 1 aromatic carbocycles.